The van der Waals surface area contributed by atoms with Crippen molar-refractivity contribution in [1.29, 1.82) is 0 Å². The van der Waals surface area contributed by atoms with Crippen molar-refractivity contribution in [3.05, 3.63) is 24.3 Å². The van der Waals surface area contributed by atoms with E-state index in [9.17, 15) is 8.42 Å². The Hall–Kier alpha value is -1.07. The molecule has 0 aliphatic heterocycles. The summed E-state index contributed by atoms with van der Waals surface area (Å²) < 4.78 is 28.2. The molecule has 0 heterocycles. The van der Waals surface area contributed by atoms with Crippen LogP contribution in [-0.2, 0) is 9.84 Å². The zero-order chi connectivity index (χ0) is 12.2. The first-order valence-corrected chi connectivity index (χ1v) is 7.03. The molecule has 1 aromatic carbocycles. The molecule has 0 aliphatic rings. The SMILES string of the molecule is CCC(CN)Oc1cccc(S(C)(=O)=O)c1. The number of nitrogens with two attached hydrogens (primary N) is 1. The molecule has 0 aromatic heterocycles. The molecule has 0 bridgehead atoms. The molecule has 0 spiro atoms. The first-order chi connectivity index (χ1) is 7.47. The lowest BCUT2D eigenvalue weighted by atomic mass is 10.2. The molecule has 1 aromatic rings. The van der Waals surface area contributed by atoms with Gasteiger partial charge in [-0.25, -0.2) is 8.42 Å². The smallest absolute Gasteiger partial charge is 0.175 e. The van der Waals surface area contributed by atoms with E-state index >= 15 is 0 Å². The average Bonchev–Trinajstić information content (AvgIpc) is 2.25. The molecule has 0 aliphatic carbocycles. The van der Waals surface area contributed by atoms with Gasteiger partial charge in [0.2, 0.25) is 0 Å². The average molecular weight is 243 g/mol. The molecule has 4 nitrogen and oxygen atoms in total. The van der Waals surface area contributed by atoms with Crippen LogP contribution in [0.4, 0.5) is 0 Å². The second kappa shape index (κ2) is 5.32. The van der Waals surface area contributed by atoms with Crippen LogP contribution in [0.5, 0.6) is 5.75 Å². The highest BCUT2D eigenvalue weighted by Crippen LogP contribution is 2.18. The van der Waals surface area contributed by atoms with Gasteiger partial charge in [-0.2, -0.15) is 0 Å². The summed E-state index contributed by atoms with van der Waals surface area (Å²) in [6.45, 7) is 2.39. The van der Waals surface area contributed by atoms with E-state index in [0.717, 1.165) is 6.42 Å². The summed E-state index contributed by atoms with van der Waals surface area (Å²) in [6, 6.07) is 6.46. The van der Waals surface area contributed by atoms with Crippen LogP contribution in [0.3, 0.4) is 0 Å². The van der Waals surface area contributed by atoms with Crippen LogP contribution >= 0.6 is 0 Å². The monoisotopic (exact) mass is 243 g/mol. The first-order valence-electron chi connectivity index (χ1n) is 5.14. The maximum Gasteiger partial charge on any atom is 0.175 e. The van der Waals surface area contributed by atoms with Gasteiger partial charge in [0.25, 0.3) is 0 Å². The minimum atomic E-state index is -3.19. The van der Waals surface area contributed by atoms with Gasteiger partial charge in [0.05, 0.1) is 4.90 Å². The Morgan fingerprint density at radius 3 is 2.62 bits per heavy atom. The summed E-state index contributed by atoms with van der Waals surface area (Å²) >= 11 is 0. The molecule has 0 fully saturated rings. The lowest BCUT2D eigenvalue weighted by molar-refractivity contribution is 0.205. The summed E-state index contributed by atoms with van der Waals surface area (Å²) in [5.41, 5.74) is 5.51. The van der Waals surface area contributed by atoms with E-state index in [2.05, 4.69) is 0 Å². The quantitative estimate of drug-likeness (QED) is 0.843. The maximum absolute atomic E-state index is 11.3. The van der Waals surface area contributed by atoms with E-state index in [1.165, 1.54) is 12.3 Å². The molecule has 1 atom stereocenters. The van der Waals surface area contributed by atoms with Crippen LogP contribution in [0.25, 0.3) is 0 Å². The highest BCUT2D eigenvalue weighted by Gasteiger charge is 2.10. The number of rotatable bonds is 5. The van der Waals surface area contributed by atoms with Crippen molar-refractivity contribution in [1.82, 2.24) is 0 Å². The Morgan fingerprint density at radius 2 is 2.12 bits per heavy atom. The molecule has 1 unspecified atom stereocenters. The van der Waals surface area contributed by atoms with Crippen molar-refractivity contribution in [2.45, 2.75) is 24.3 Å². The molecule has 1 rings (SSSR count). The number of hydrogen-bond donors (Lipinski definition) is 1. The van der Waals surface area contributed by atoms with E-state index in [4.69, 9.17) is 10.5 Å². The van der Waals surface area contributed by atoms with Crippen molar-refractivity contribution in [3.8, 4) is 5.75 Å². The van der Waals surface area contributed by atoms with Crippen LogP contribution in [-0.4, -0.2) is 27.3 Å². The molecule has 0 saturated carbocycles. The Kier molecular flexibility index (Phi) is 4.32. The van der Waals surface area contributed by atoms with Gasteiger partial charge in [-0.1, -0.05) is 13.0 Å². The number of hydrogen-bond acceptors (Lipinski definition) is 4. The maximum atomic E-state index is 11.3. The summed E-state index contributed by atoms with van der Waals surface area (Å²) in [4.78, 5) is 0.261. The molecule has 2 N–H and O–H groups in total. The van der Waals surface area contributed by atoms with Gasteiger partial charge in [0, 0.05) is 12.8 Å². The lowest BCUT2D eigenvalue weighted by Gasteiger charge is -2.15. The zero-order valence-corrected chi connectivity index (χ0v) is 10.3. The summed E-state index contributed by atoms with van der Waals surface area (Å²) in [5, 5.41) is 0. The fraction of sp³-hybridized carbons (Fsp3) is 0.455. The second-order valence-electron chi connectivity index (χ2n) is 3.63. The summed E-state index contributed by atoms with van der Waals surface area (Å²) in [6.07, 6.45) is 1.89. The minimum Gasteiger partial charge on any atom is -0.489 e. The van der Waals surface area contributed by atoms with Gasteiger partial charge < -0.3 is 10.5 Å². The summed E-state index contributed by atoms with van der Waals surface area (Å²) in [7, 11) is -3.19. The molecule has 5 heteroatoms. The van der Waals surface area contributed by atoms with Gasteiger partial charge >= 0.3 is 0 Å². The van der Waals surface area contributed by atoms with Gasteiger partial charge in [-0.3, -0.25) is 0 Å². The predicted molar refractivity (Wildman–Crippen MR) is 63.3 cm³/mol. The van der Waals surface area contributed by atoms with Crippen LogP contribution in [0.1, 0.15) is 13.3 Å². The van der Waals surface area contributed by atoms with Gasteiger partial charge in [-0.05, 0) is 24.6 Å². The zero-order valence-electron chi connectivity index (χ0n) is 9.51. The van der Waals surface area contributed by atoms with Crippen molar-refractivity contribution in [2.24, 2.45) is 5.73 Å². The number of ether oxygens (including phenoxy) is 1. The second-order valence-corrected chi connectivity index (χ2v) is 5.65. The third-order valence-corrected chi connectivity index (χ3v) is 3.36. The highest BCUT2D eigenvalue weighted by molar-refractivity contribution is 7.90. The number of benzene rings is 1. The van der Waals surface area contributed by atoms with Crippen LogP contribution in [0.15, 0.2) is 29.2 Å². The van der Waals surface area contributed by atoms with Crippen molar-refractivity contribution in [3.63, 3.8) is 0 Å². The molecular weight excluding hydrogens is 226 g/mol. The lowest BCUT2D eigenvalue weighted by Crippen LogP contribution is -2.25. The molecular formula is C11H17NO3S. The van der Waals surface area contributed by atoms with E-state index in [1.54, 1.807) is 18.2 Å². The van der Waals surface area contributed by atoms with E-state index in [0.29, 0.717) is 12.3 Å². The fourth-order valence-corrected chi connectivity index (χ4v) is 1.92. The first kappa shape index (κ1) is 13.0. The Bertz CT molecular complexity index is 438. The summed E-state index contributed by atoms with van der Waals surface area (Å²) in [5.74, 6) is 0.542. The molecule has 0 amide bonds. The Labute approximate surface area is 96.3 Å². The van der Waals surface area contributed by atoms with Crippen LogP contribution < -0.4 is 10.5 Å². The van der Waals surface area contributed by atoms with Crippen LogP contribution in [0, 0.1) is 0 Å². The van der Waals surface area contributed by atoms with Gasteiger partial charge in [-0.15, -0.1) is 0 Å². The number of sulfone groups is 1. The third-order valence-electron chi connectivity index (χ3n) is 2.25. The van der Waals surface area contributed by atoms with Crippen molar-refractivity contribution in [2.75, 3.05) is 12.8 Å². The molecule has 0 radical (unpaired) electrons. The standard InChI is InChI=1S/C11H17NO3S/c1-3-9(8-12)15-10-5-4-6-11(7-10)16(2,13)14/h4-7,9H,3,8,12H2,1-2H3. The van der Waals surface area contributed by atoms with Gasteiger partial charge in [0.1, 0.15) is 11.9 Å². The Morgan fingerprint density at radius 1 is 1.44 bits per heavy atom. The van der Waals surface area contributed by atoms with E-state index < -0.39 is 9.84 Å². The third kappa shape index (κ3) is 3.50. The Balaban J connectivity index is 2.91. The molecule has 0 saturated heterocycles. The predicted octanol–water partition coefficient (Wildman–Crippen LogP) is 1.21. The van der Waals surface area contributed by atoms with E-state index in [1.807, 2.05) is 6.92 Å². The molecule has 16 heavy (non-hydrogen) atoms. The molecule has 90 valence electrons. The largest absolute Gasteiger partial charge is 0.489 e. The minimum absolute atomic E-state index is 0.0742. The normalized spacial score (nSPS) is 13.4. The van der Waals surface area contributed by atoms with Crippen molar-refractivity contribution >= 4 is 9.84 Å². The van der Waals surface area contributed by atoms with Crippen LogP contribution in [0.2, 0.25) is 0 Å². The topological polar surface area (TPSA) is 69.4 Å². The van der Waals surface area contributed by atoms with Crippen molar-refractivity contribution < 1.29 is 13.2 Å². The van der Waals surface area contributed by atoms with Gasteiger partial charge in [0.15, 0.2) is 9.84 Å². The fourth-order valence-electron chi connectivity index (χ4n) is 1.27. The van der Waals surface area contributed by atoms with E-state index in [-0.39, 0.29) is 11.0 Å². The highest BCUT2D eigenvalue weighted by atomic mass is 32.2.